The van der Waals surface area contributed by atoms with Gasteiger partial charge in [0, 0.05) is 11.1 Å². The van der Waals surface area contributed by atoms with Crippen molar-refractivity contribution in [3.05, 3.63) is 27.7 Å². The minimum Gasteiger partial charge on any atom is -0.493 e. The second-order valence-corrected chi connectivity index (χ2v) is 3.92. The van der Waals surface area contributed by atoms with Gasteiger partial charge in [-0.1, -0.05) is 0 Å². The molecule has 0 amide bonds. The van der Waals surface area contributed by atoms with Crippen LogP contribution in [0.15, 0.2) is 16.6 Å². The number of alkyl halides is 2. The summed E-state index contributed by atoms with van der Waals surface area (Å²) in [6.07, 6.45) is -2.68. The Hall–Kier alpha value is -0.970. The van der Waals surface area contributed by atoms with Crippen LogP contribution in [0.3, 0.4) is 0 Å². The molecule has 0 radical (unpaired) electrons. The van der Waals surface area contributed by atoms with E-state index in [4.69, 9.17) is 4.74 Å². The number of ether oxygens (including phenoxy) is 1. The van der Waals surface area contributed by atoms with Gasteiger partial charge in [0.05, 0.1) is 11.1 Å². The Morgan fingerprint density at radius 2 is 2.12 bits per heavy atom. The summed E-state index contributed by atoms with van der Waals surface area (Å²) in [7, 11) is 0. The van der Waals surface area contributed by atoms with E-state index in [-0.39, 0.29) is 11.1 Å². The quantitative estimate of drug-likeness (QED) is 0.785. The maximum atomic E-state index is 12.7. The zero-order chi connectivity index (χ0) is 12.3. The average molecular weight is 293 g/mol. The molecular weight excluding hydrogens is 282 g/mol. The van der Waals surface area contributed by atoms with E-state index in [0.29, 0.717) is 16.8 Å². The van der Waals surface area contributed by atoms with Gasteiger partial charge in [-0.15, -0.1) is 0 Å². The molecule has 1 aromatic rings. The number of benzene rings is 1. The van der Waals surface area contributed by atoms with Crippen LogP contribution >= 0.6 is 15.9 Å². The molecule has 88 valence electrons. The predicted octanol–water partition coefficient (Wildman–Crippen LogP) is 3.99. The predicted molar refractivity (Wildman–Crippen MR) is 60.3 cm³/mol. The Morgan fingerprint density at radius 1 is 1.50 bits per heavy atom. The summed E-state index contributed by atoms with van der Waals surface area (Å²) in [4.78, 5) is 11.3. The third-order valence-electron chi connectivity index (χ3n) is 2.03. The van der Waals surface area contributed by atoms with E-state index in [1.807, 2.05) is 0 Å². The molecule has 0 aromatic heterocycles. The van der Waals surface area contributed by atoms with E-state index < -0.39 is 12.2 Å². The average Bonchev–Trinajstić information content (AvgIpc) is 2.20. The van der Waals surface area contributed by atoms with Crippen molar-refractivity contribution < 1.29 is 18.3 Å². The summed E-state index contributed by atoms with van der Waals surface area (Å²) in [6, 6.07) is 2.65. The van der Waals surface area contributed by atoms with Crippen LogP contribution in [0.4, 0.5) is 8.78 Å². The Balaban J connectivity index is 3.36. The molecule has 16 heavy (non-hydrogen) atoms. The fourth-order valence-corrected chi connectivity index (χ4v) is 2.13. The highest BCUT2D eigenvalue weighted by Gasteiger charge is 2.21. The largest absolute Gasteiger partial charge is 0.493 e. The third-order valence-corrected chi connectivity index (χ3v) is 2.81. The van der Waals surface area contributed by atoms with Crippen LogP contribution in [0.25, 0.3) is 0 Å². The molecule has 5 heteroatoms. The van der Waals surface area contributed by atoms with Crippen LogP contribution in [0, 0.1) is 0 Å². The number of halogens is 3. The van der Waals surface area contributed by atoms with Crippen LogP contribution in [0.5, 0.6) is 5.75 Å². The third kappa shape index (κ3) is 2.58. The molecule has 0 spiro atoms. The lowest BCUT2D eigenvalue weighted by atomic mass is 10.0. The Bertz CT molecular complexity index is 405. The van der Waals surface area contributed by atoms with Crippen LogP contribution in [-0.4, -0.2) is 12.4 Å². The summed E-state index contributed by atoms with van der Waals surface area (Å²) in [5, 5.41) is 0. The highest BCUT2D eigenvalue weighted by Crippen LogP contribution is 2.35. The summed E-state index contributed by atoms with van der Waals surface area (Å²) < 4.78 is 30.9. The Labute approximate surface area is 101 Å². The molecular formula is C11H11BrF2O2. The van der Waals surface area contributed by atoms with Crippen molar-refractivity contribution in [1.29, 1.82) is 0 Å². The maximum absolute atomic E-state index is 12.7. The first-order chi connectivity index (χ1) is 7.49. The highest BCUT2D eigenvalue weighted by molar-refractivity contribution is 9.10. The zero-order valence-electron chi connectivity index (χ0n) is 8.89. The summed E-state index contributed by atoms with van der Waals surface area (Å²) in [6.45, 7) is 3.44. The van der Waals surface area contributed by atoms with Crippen molar-refractivity contribution in [3.63, 3.8) is 0 Å². The number of Topliss-reactive ketones (excluding diaryl/α,β-unsaturated/α-hetero) is 1. The minimum absolute atomic E-state index is 0.0130. The van der Waals surface area contributed by atoms with Crippen molar-refractivity contribution in [3.8, 4) is 5.75 Å². The number of hydrogen-bond acceptors (Lipinski definition) is 2. The van der Waals surface area contributed by atoms with Gasteiger partial charge in [0.1, 0.15) is 5.75 Å². The standard InChI is InChI=1S/C11H11BrF2O2/c1-3-16-8-5-4-7(11(13)14)9(6(2)15)10(8)12/h4-5,11H,3H2,1-2H3. The smallest absolute Gasteiger partial charge is 0.264 e. The monoisotopic (exact) mass is 292 g/mol. The van der Waals surface area contributed by atoms with Crippen LogP contribution < -0.4 is 4.74 Å². The molecule has 0 aliphatic rings. The van der Waals surface area contributed by atoms with E-state index in [1.54, 1.807) is 6.92 Å². The van der Waals surface area contributed by atoms with Gasteiger partial charge >= 0.3 is 0 Å². The van der Waals surface area contributed by atoms with E-state index in [0.717, 1.165) is 0 Å². The zero-order valence-corrected chi connectivity index (χ0v) is 10.5. The molecule has 0 fully saturated rings. The molecule has 0 saturated carbocycles. The normalized spacial score (nSPS) is 10.6. The number of hydrogen-bond donors (Lipinski definition) is 0. The molecule has 0 N–H and O–H groups in total. The molecule has 0 bridgehead atoms. The molecule has 1 aromatic carbocycles. The van der Waals surface area contributed by atoms with Gasteiger partial charge in [-0.2, -0.15) is 0 Å². The first-order valence-electron chi connectivity index (χ1n) is 4.73. The van der Waals surface area contributed by atoms with Crippen LogP contribution in [0.2, 0.25) is 0 Å². The van der Waals surface area contributed by atoms with E-state index >= 15 is 0 Å². The maximum Gasteiger partial charge on any atom is 0.264 e. The molecule has 0 aliphatic heterocycles. The van der Waals surface area contributed by atoms with Gasteiger partial charge in [0.25, 0.3) is 6.43 Å². The van der Waals surface area contributed by atoms with Gasteiger partial charge in [-0.05, 0) is 41.9 Å². The van der Waals surface area contributed by atoms with Gasteiger partial charge in [-0.3, -0.25) is 4.79 Å². The molecule has 0 atom stereocenters. The fraction of sp³-hybridized carbons (Fsp3) is 0.364. The Morgan fingerprint density at radius 3 is 2.56 bits per heavy atom. The van der Waals surface area contributed by atoms with Crippen molar-refractivity contribution in [2.45, 2.75) is 20.3 Å². The lowest BCUT2D eigenvalue weighted by molar-refractivity contribution is 0.0997. The van der Waals surface area contributed by atoms with Crippen molar-refractivity contribution in [1.82, 2.24) is 0 Å². The Kier molecular flexibility index (Phi) is 4.41. The minimum atomic E-state index is -2.68. The topological polar surface area (TPSA) is 26.3 Å². The summed E-state index contributed by atoms with van der Waals surface area (Å²) in [5.74, 6) is -0.0131. The number of ketones is 1. The van der Waals surface area contributed by atoms with Crippen molar-refractivity contribution >= 4 is 21.7 Å². The van der Waals surface area contributed by atoms with Crippen LogP contribution in [-0.2, 0) is 0 Å². The van der Waals surface area contributed by atoms with Crippen molar-refractivity contribution in [2.24, 2.45) is 0 Å². The van der Waals surface area contributed by atoms with Gasteiger partial charge in [-0.25, -0.2) is 8.78 Å². The lowest BCUT2D eigenvalue weighted by Crippen LogP contribution is -2.04. The first kappa shape index (κ1) is 13.1. The van der Waals surface area contributed by atoms with E-state index in [2.05, 4.69) is 15.9 Å². The second kappa shape index (κ2) is 5.39. The van der Waals surface area contributed by atoms with Crippen molar-refractivity contribution in [2.75, 3.05) is 6.61 Å². The SMILES string of the molecule is CCOc1ccc(C(F)F)c(C(C)=O)c1Br. The molecule has 1 rings (SSSR count). The molecule has 0 unspecified atom stereocenters. The summed E-state index contributed by atoms with van der Waals surface area (Å²) >= 11 is 3.12. The number of rotatable bonds is 4. The van der Waals surface area contributed by atoms with Gasteiger partial charge in [0.15, 0.2) is 5.78 Å². The highest BCUT2D eigenvalue weighted by atomic mass is 79.9. The van der Waals surface area contributed by atoms with Crippen LogP contribution in [0.1, 0.15) is 36.2 Å². The second-order valence-electron chi connectivity index (χ2n) is 3.13. The van der Waals surface area contributed by atoms with Gasteiger partial charge in [0.2, 0.25) is 0 Å². The van der Waals surface area contributed by atoms with Gasteiger partial charge < -0.3 is 4.74 Å². The molecule has 0 saturated heterocycles. The molecule has 0 aliphatic carbocycles. The fourth-order valence-electron chi connectivity index (χ4n) is 1.38. The molecule has 2 nitrogen and oxygen atoms in total. The molecule has 0 heterocycles. The first-order valence-corrected chi connectivity index (χ1v) is 5.52. The number of carbonyl (C=O) groups is 1. The van der Waals surface area contributed by atoms with E-state index in [1.165, 1.54) is 19.1 Å². The number of carbonyl (C=O) groups excluding carboxylic acids is 1. The lowest BCUT2D eigenvalue weighted by Gasteiger charge is -2.12. The summed E-state index contributed by atoms with van der Waals surface area (Å²) in [5.41, 5.74) is -0.288. The van der Waals surface area contributed by atoms with E-state index in [9.17, 15) is 13.6 Å².